The Balaban J connectivity index is 1.06. The first-order valence-electron chi connectivity index (χ1n) is 29.0. The number of aromatic hydroxyl groups is 1. The van der Waals surface area contributed by atoms with Crippen LogP contribution in [0.1, 0.15) is 117 Å². The number of hydrogen-bond acceptors (Lipinski definition) is 4. The van der Waals surface area contributed by atoms with Crippen LogP contribution in [0.4, 0.5) is 28.4 Å². The second-order valence-corrected chi connectivity index (χ2v) is 23.7. The Kier molecular flexibility index (Phi) is 13.0. The molecule has 0 bridgehead atoms. The van der Waals surface area contributed by atoms with Crippen molar-refractivity contribution in [2.45, 2.75) is 93.5 Å². The van der Waals surface area contributed by atoms with Gasteiger partial charge in [0, 0.05) is 44.2 Å². The van der Waals surface area contributed by atoms with E-state index in [1.165, 1.54) is 65.9 Å². The number of benzene rings is 10. The largest absolute Gasteiger partial charge is 0.505 e. The number of hydrogen-bond donors (Lipinski definition) is 1. The summed E-state index contributed by atoms with van der Waals surface area (Å²) in [5.41, 5.74) is 22.1. The normalized spacial score (nSPS) is 15.4. The van der Waals surface area contributed by atoms with Gasteiger partial charge >= 0.3 is 0 Å². The summed E-state index contributed by atoms with van der Waals surface area (Å²) >= 11 is 0. The quantitative estimate of drug-likeness (QED) is 0.131. The van der Waals surface area contributed by atoms with Crippen LogP contribution in [-0.2, 0) is 0 Å². The van der Waals surface area contributed by atoms with E-state index in [0.29, 0.717) is 5.92 Å². The molecule has 1 N–H and O–H groups in total. The summed E-state index contributed by atoms with van der Waals surface area (Å²) in [6, 6.07) is 62.1. The van der Waals surface area contributed by atoms with Crippen molar-refractivity contribution in [3.63, 3.8) is 0 Å². The van der Waals surface area contributed by atoms with Crippen LogP contribution in [0, 0.1) is 26.7 Å². The minimum Gasteiger partial charge on any atom is -0.505 e. The fraction of sp³-hybridized carbons (Fsp3) is 0.195. The number of anilines is 5. The maximum atomic E-state index is 13.1. The van der Waals surface area contributed by atoms with Gasteiger partial charge in [-0.15, -0.1) is 0 Å². The maximum Gasteiger partial charge on any atom is 0.147 e. The fourth-order valence-corrected chi connectivity index (χ4v) is 13.3. The number of furan rings is 1. The number of allylic oxidation sites excluding steroid dienone is 6. The molecule has 0 amide bonds. The number of para-hydroxylation sites is 2. The zero-order valence-electron chi connectivity index (χ0n) is 48.3. The highest BCUT2D eigenvalue weighted by Gasteiger charge is 2.34. The summed E-state index contributed by atoms with van der Waals surface area (Å²) < 4.78 is 7.32. The average molecular weight is 1060 g/mol. The smallest absolute Gasteiger partial charge is 0.147 e. The predicted molar refractivity (Wildman–Crippen MR) is 346 cm³/mol. The van der Waals surface area contributed by atoms with Crippen LogP contribution in [0.2, 0.25) is 0 Å². The van der Waals surface area contributed by atoms with Gasteiger partial charge in [0.1, 0.15) is 17.1 Å². The Morgan fingerprint density at radius 2 is 1.14 bits per heavy atom. The molecule has 4 heteroatoms. The Bertz CT molecular complexity index is 4410. The summed E-state index contributed by atoms with van der Waals surface area (Å²) in [5.74, 6) is 1.97. The molecule has 400 valence electrons. The van der Waals surface area contributed by atoms with Crippen molar-refractivity contribution in [1.29, 1.82) is 0 Å². The minimum atomic E-state index is -0.149. The molecular formula is C77H70N2O2. The molecule has 0 radical (unpaired) electrons. The van der Waals surface area contributed by atoms with E-state index in [0.717, 1.165) is 95.9 Å². The summed E-state index contributed by atoms with van der Waals surface area (Å²) in [6.07, 6.45) is 12.3. The van der Waals surface area contributed by atoms with Gasteiger partial charge in [-0.05, 0) is 185 Å². The monoisotopic (exact) mass is 1050 g/mol. The summed E-state index contributed by atoms with van der Waals surface area (Å²) in [6.45, 7) is 22.5. The van der Waals surface area contributed by atoms with Crippen LogP contribution in [0.3, 0.4) is 0 Å². The molecule has 4 nitrogen and oxygen atoms in total. The lowest BCUT2D eigenvalue weighted by molar-refractivity contribution is 0.478. The second kappa shape index (κ2) is 20.4. The zero-order valence-corrected chi connectivity index (χ0v) is 48.3. The standard InChI is InChI=1S/C77H70N2O2/c1-45(2)66-43-71(78(56-24-14-19-47(5)38-56)69-29-17-25-58(75(69)80)54-22-15-23-55(42-54)68-41-52(10)50(8)31-32-51(68)9)64-35-33-61-67(46(3)4)44-72(65-36-34-60(66)73(64)74(61)65)79(57-39-48(6)37-49(7)40-57)70-30-18-28-63-62-27-16-26-59(76(62)81-77(63)70)53-20-12-11-13-21-53/h11-29,31-46,50,70,80H,30H2,1-10H3. The van der Waals surface area contributed by atoms with Gasteiger partial charge in [0.15, 0.2) is 0 Å². The van der Waals surface area contributed by atoms with E-state index in [-0.39, 0.29) is 23.6 Å². The first-order chi connectivity index (χ1) is 39.2. The first-order valence-corrected chi connectivity index (χ1v) is 29.0. The van der Waals surface area contributed by atoms with Gasteiger partial charge in [-0.2, -0.15) is 0 Å². The highest BCUT2D eigenvalue weighted by atomic mass is 16.3. The van der Waals surface area contributed by atoms with Gasteiger partial charge in [0.05, 0.1) is 23.1 Å². The van der Waals surface area contributed by atoms with Crippen molar-refractivity contribution in [1.82, 2.24) is 0 Å². The van der Waals surface area contributed by atoms with Crippen molar-refractivity contribution >= 4 is 83.4 Å². The molecular weight excluding hydrogens is 985 g/mol. The molecule has 2 aliphatic carbocycles. The van der Waals surface area contributed by atoms with E-state index < -0.39 is 0 Å². The predicted octanol–water partition coefficient (Wildman–Crippen LogP) is 22.2. The van der Waals surface area contributed by atoms with Gasteiger partial charge in [-0.25, -0.2) is 0 Å². The van der Waals surface area contributed by atoms with E-state index in [2.05, 4.69) is 279 Å². The number of rotatable bonds is 11. The third-order valence-electron chi connectivity index (χ3n) is 17.4. The third-order valence-corrected chi connectivity index (χ3v) is 17.4. The molecule has 81 heavy (non-hydrogen) atoms. The average Bonchev–Trinajstić information content (AvgIpc) is 3.04. The van der Waals surface area contributed by atoms with Crippen LogP contribution in [0.15, 0.2) is 210 Å². The van der Waals surface area contributed by atoms with Crippen molar-refractivity contribution in [3.05, 3.63) is 250 Å². The topological polar surface area (TPSA) is 39.9 Å². The maximum absolute atomic E-state index is 13.1. The summed E-state index contributed by atoms with van der Waals surface area (Å²) in [4.78, 5) is 4.92. The number of phenols is 1. The molecule has 11 aromatic rings. The van der Waals surface area contributed by atoms with Crippen molar-refractivity contribution in [3.8, 4) is 28.0 Å². The molecule has 1 heterocycles. The lowest BCUT2D eigenvalue weighted by Crippen LogP contribution is -2.25. The molecule has 0 saturated heterocycles. The van der Waals surface area contributed by atoms with Crippen LogP contribution in [0.5, 0.6) is 5.75 Å². The number of aryl methyl sites for hydroxylation is 3. The van der Waals surface area contributed by atoms with Crippen molar-refractivity contribution < 1.29 is 9.52 Å². The van der Waals surface area contributed by atoms with E-state index >= 15 is 0 Å². The van der Waals surface area contributed by atoms with Gasteiger partial charge < -0.3 is 19.3 Å². The molecule has 2 unspecified atom stereocenters. The van der Waals surface area contributed by atoms with Gasteiger partial charge in [0.25, 0.3) is 0 Å². The Morgan fingerprint density at radius 1 is 0.519 bits per heavy atom. The Hall–Kier alpha value is -8.86. The highest BCUT2D eigenvalue weighted by Crippen LogP contribution is 2.54. The van der Waals surface area contributed by atoms with Crippen LogP contribution in [0.25, 0.3) is 77.2 Å². The molecule has 1 aromatic heterocycles. The van der Waals surface area contributed by atoms with E-state index in [1.807, 2.05) is 0 Å². The molecule has 10 aromatic carbocycles. The second-order valence-electron chi connectivity index (χ2n) is 23.7. The van der Waals surface area contributed by atoms with Crippen LogP contribution in [-0.4, -0.2) is 5.11 Å². The van der Waals surface area contributed by atoms with Gasteiger partial charge in [-0.3, -0.25) is 0 Å². The van der Waals surface area contributed by atoms with E-state index in [9.17, 15) is 5.11 Å². The summed E-state index contributed by atoms with van der Waals surface area (Å²) in [5, 5.41) is 21.5. The molecule has 0 spiro atoms. The number of phenolic OH excluding ortho intramolecular Hbond substituents is 1. The summed E-state index contributed by atoms with van der Waals surface area (Å²) in [7, 11) is 0. The van der Waals surface area contributed by atoms with E-state index in [4.69, 9.17) is 4.42 Å². The van der Waals surface area contributed by atoms with Crippen molar-refractivity contribution in [2.75, 3.05) is 9.80 Å². The molecule has 2 aliphatic rings. The third kappa shape index (κ3) is 8.84. The Labute approximate surface area is 477 Å². The Morgan fingerprint density at radius 3 is 1.85 bits per heavy atom. The minimum absolute atomic E-state index is 0.149. The lowest BCUT2D eigenvalue weighted by atomic mass is 9.83. The lowest BCUT2D eigenvalue weighted by Gasteiger charge is -2.36. The van der Waals surface area contributed by atoms with Gasteiger partial charge in [-0.1, -0.05) is 192 Å². The molecule has 0 fully saturated rings. The van der Waals surface area contributed by atoms with Crippen molar-refractivity contribution in [2.24, 2.45) is 5.92 Å². The zero-order chi connectivity index (χ0) is 56.0. The highest BCUT2D eigenvalue weighted by molar-refractivity contribution is 6.29. The molecule has 0 aliphatic heterocycles. The fourth-order valence-electron chi connectivity index (χ4n) is 13.3. The van der Waals surface area contributed by atoms with Crippen LogP contribution >= 0.6 is 0 Å². The molecule has 2 atom stereocenters. The number of nitrogens with zero attached hydrogens (tertiary/aromatic N) is 2. The SMILES string of the molecule is CC1=CC(c2cccc(-c3cccc(N(c4cccc(C)c4)c4cc(C(C)C)c5ccc6c(N(c7cc(C)cc(C)c7)C7CC=Cc8c7oc7c(-c9ccccc9)cccc87)cc(C(C)C)c7ccc4c5c76)c3O)c2)=C(C)C=CC1C. The molecule has 0 saturated carbocycles. The molecule has 13 rings (SSSR count). The first kappa shape index (κ1) is 51.6. The van der Waals surface area contributed by atoms with Gasteiger partial charge in [0.2, 0.25) is 0 Å². The van der Waals surface area contributed by atoms with E-state index in [1.54, 1.807) is 0 Å². The number of fused-ring (bicyclic) bond motifs is 3. The van der Waals surface area contributed by atoms with Crippen LogP contribution < -0.4 is 9.80 Å².